The molecule has 2 aliphatic rings. The summed E-state index contributed by atoms with van der Waals surface area (Å²) in [6, 6.07) is 24.1. The van der Waals surface area contributed by atoms with Crippen LogP contribution in [0.3, 0.4) is 0 Å². The topological polar surface area (TPSA) is 64.5 Å². The first-order valence-corrected chi connectivity index (χ1v) is 11.8. The van der Waals surface area contributed by atoms with Gasteiger partial charge in [0.25, 0.3) is 0 Å². The van der Waals surface area contributed by atoms with Crippen LogP contribution in [0.5, 0.6) is 0 Å². The van der Waals surface area contributed by atoms with Crippen molar-refractivity contribution in [2.75, 3.05) is 6.44 Å². The zero-order valence-corrected chi connectivity index (χ0v) is 18.6. The fraction of sp³-hybridized carbons (Fsp3) is 0.259. The molecular weight excluding hydrogens is 407 g/mol. The van der Waals surface area contributed by atoms with E-state index in [-0.39, 0.29) is 0 Å². The van der Waals surface area contributed by atoms with Crippen LogP contribution in [-0.4, -0.2) is 45.0 Å². The number of rotatable bonds is 6. The van der Waals surface area contributed by atoms with Crippen LogP contribution in [0, 0.1) is 5.92 Å². The third kappa shape index (κ3) is 3.90. The van der Waals surface area contributed by atoms with Crippen LogP contribution in [0.2, 0.25) is 0 Å². The van der Waals surface area contributed by atoms with Crippen LogP contribution in [0.1, 0.15) is 29.5 Å². The van der Waals surface area contributed by atoms with Gasteiger partial charge in [0, 0.05) is 60.5 Å². The average molecular weight is 434 g/mol. The number of hydrogen-bond acceptors (Lipinski definition) is 4. The number of hydrogen-bond donors (Lipinski definition) is 2. The number of benzene rings is 2. The maximum Gasteiger partial charge on any atom is 0.348 e. The molecule has 4 aromatic rings. The summed E-state index contributed by atoms with van der Waals surface area (Å²) >= 11 is 0. The van der Waals surface area contributed by atoms with E-state index in [0.717, 1.165) is 53.7 Å². The lowest BCUT2D eigenvalue weighted by molar-refractivity contribution is 0.0899. The quantitative estimate of drug-likeness (QED) is 0.456. The van der Waals surface area contributed by atoms with Crippen molar-refractivity contribution in [1.82, 2.24) is 14.9 Å². The molecule has 2 N–H and O–H groups in total. The van der Waals surface area contributed by atoms with Gasteiger partial charge in [-0.2, -0.15) is 0 Å². The summed E-state index contributed by atoms with van der Waals surface area (Å²) in [5, 5.41) is 11.6. The minimum absolute atomic E-state index is 0.413. The maximum absolute atomic E-state index is 10.6. The van der Waals surface area contributed by atoms with Gasteiger partial charge in [0.05, 0.1) is 0 Å². The molecule has 6 rings (SSSR count). The van der Waals surface area contributed by atoms with Gasteiger partial charge < -0.3 is 10.0 Å². The predicted molar refractivity (Wildman–Crippen MR) is 134 cm³/mol. The zero-order chi connectivity index (χ0) is 22.2. The molecule has 0 saturated heterocycles. The van der Waals surface area contributed by atoms with Gasteiger partial charge in [-0.1, -0.05) is 60.7 Å². The Bertz CT molecular complexity index is 1240. The van der Waals surface area contributed by atoms with E-state index in [1.165, 1.54) is 11.1 Å². The van der Waals surface area contributed by atoms with E-state index in [2.05, 4.69) is 81.6 Å². The molecule has 0 atom stereocenters. The molecule has 1 saturated carbocycles. The van der Waals surface area contributed by atoms with Crippen molar-refractivity contribution in [3.63, 3.8) is 0 Å². The van der Waals surface area contributed by atoms with Crippen molar-refractivity contribution in [3.05, 3.63) is 95.8 Å². The molecule has 164 valence electrons. The SMILES string of the molecule is OB1CN=C(C2CC(N(Cc3ccccc3)Cc3ccccc3)C2)c2c1cnc1[nH]ccc21. The lowest BCUT2D eigenvalue weighted by Crippen LogP contribution is -2.50. The highest BCUT2D eigenvalue weighted by atomic mass is 16.2. The van der Waals surface area contributed by atoms with Crippen molar-refractivity contribution in [1.29, 1.82) is 0 Å². The van der Waals surface area contributed by atoms with E-state index in [1.54, 1.807) is 0 Å². The van der Waals surface area contributed by atoms with Crippen LogP contribution in [0.4, 0.5) is 0 Å². The second-order valence-electron chi connectivity index (χ2n) is 9.27. The molecule has 1 aliphatic carbocycles. The Morgan fingerprint density at radius 3 is 2.27 bits per heavy atom. The molecule has 6 heteroatoms. The van der Waals surface area contributed by atoms with Crippen molar-refractivity contribution in [2.45, 2.75) is 32.0 Å². The molecular formula is C27H27BN4O. The molecule has 0 amide bonds. The number of nitrogens with one attached hydrogen (secondary N) is 1. The molecule has 2 aromatic carbocycles. The fourth-order valence-electron chi connectivity index (χ4n) is 5.32. The second kappa shape index (κ2) is 8.62. The number of aromatic amines is 1. The summed E-state index contributed by atoms with van der Waals surface area (Å²) in [6.07, 6.45) is 6.34. The van der Waals surface area contributed by atoms with Gasteiger partial charge in [0.1, 0.15) is 5.65 Å². The molecule has 1 fully saturated rings. The Kier molecular flexibility index (Phi) is 5.33. The Labute approximate surface area is 194 Å². The van der Waals surface area contributed by atoms with Crippen LogP contribution in [0.15, 0.2) is 84.1 Å². The standard InChI is InChI=1S/C27H27BN4O/c33-28-18-31-26(25-23-11-12-29-27(23)30-15-24(25)28)21-13-22(14-21)32(16-19-7-3-1-4-8-19)17-20-9-5-2-6-10-20/h1-12,15,21-22,33H,13-14,16-18H2,(H,29,30). The summed E-state index contributed by atoms with van der Waals surface area (Å²) in [4.78, 5) is 15.2. The molecule has 0 bridgehead atoms. The number of nitrogens with zero attached hydrogens (tertiary/aromatic N) is 3. The highest BCUT2D eigenvalue weighted by Crippen LogP contribution is 2.38. The summed E-state index contributed by atoms with van der Waals surface area (Å²) < 4.78 is 0. The van der Waals surface area contributed by atoms with Gasteiger partial charge >= 0.3 is 6.92 Å². The second-order valence-corrected chi connectivity index (χ2v) is 9.27. The highest BCUT2D eigenvalue weighted by molar-refractivity contribution is 6.69. The molecule has 1 aliphatic heterocycles. The average Bonchev–Trinajstić information content (AvgIpc) is 3.30. The van der Waals surface area contributed by atoms with Crippen LogP contribution >= 0.6 is 0 Å². The Balaban J connectivity index is 1.25. The minimum Gasteiger partial charge on any atom is -0.445 e. The number of H-pyrrole nitrogens is 1. The number of aliphatic imine (C=N–C) groups is 1. The summed E-state index contributed by atoms with van der Waals surface area (Å²) in [7, 11) is 0. The minimum atomic E-state index is -0.570. The monoisotopic (exact) mass is 434 g/mol. The van der Waals surface area contributed by atoms with E-state index in [0.29, 0.717) is 18.4 Å². The molecule has 3 heterocycles. The largest absolute Gasteiger partial charge is 0.445 e. The van der Waals surface area contributed by atoms with Gasteiger partial charge in [-0.3, -0.25) is 9.89 Å². The summed E-state index contributed by atoms with van der Waals surface area (Å²) in [5.41, 5.74) is 6.72. The first-order valence-electron chi connectivity index (χ1n) is 11.8. The highest BCUT2D eigenvalue weighted by Gasteiger charge is 2.40. The van der Waals surface area contributed by atoms with Gasteiger partial charge in [0.15, 0.2) is 0 Å². The maximum atomic E-state index is 10.6. The van der Waals surface area contributed by atoms with E-state index in [4.69, 9.17) is 4.99 Å². The van der Waals surface area contributed by atoms with Crippen LogP contribution < -0.4 is 5.46 Å². The predicted octanol–water partition coefficient (Wildman–Crippen LogP) is 3.58. The van der Waals surface area contributed by atoms with Crippen molar-refractivity contribution >= 4 is 29.1 Å². The lowest BCUT2D eigenvalue weighted by atomic mass is 9.57. The molecule has 2 aromatic heterocycles. The molecule has 33 heavy (non-hydrogen) atoms. The Morgan fingerprint density at radius 1 is 0.939 bits per heavy atom. The van der Waals surface area contributed by atoms with Crippen LogP contribution in [0.25, 0.3) is 11.0 Å². The summed E-state index contributed by atoms with van der Waals surface area (Å²) in [5.74, 6) is 0.413. The number of pyridine rings is 1. The van der Waals surface area contributed by atoms with Crippen molar-refractivity contribution in [3.8, 4) is 0 Å². The Morgan fingerprint density at radius 2 is 1.61 bits per heavy atom. The fourth-order valence-corrected chi connectivity index (χ4v) is 5.32. The first-order chi connectivity index (χ1) is 16.3. The van der Waals surface area contributed by atoms with Crippen LogP contribution in [-0.2, 0) is 13.1 Å². The lowest BCUT2D eigenvalue weighted by Gasteiger charge is -2.44. The van der Waals surface area contributed by atoms with E-state index < -0.39 is 6.92 Å². The third-order valence-corrected chi connectivity index (χ3v) is 7.14. The third-order valence-electron chi connectivity index (χ3n) is 7.14. The smallest absolute Gasteiger partial charge is 0.348 e. The van der Waals surface area contributed by atoms with E-state index >= 15 is 0 Å². The molecule has 0 spiro atoms. The normalized spacial score (nSPS) is 19.9. The van der Waals surface area contributed by atoms with E-state index in [9.17, 15) is 5.02 Å². The number of aromatic nitrogens is 2. The van der Waals surface area contributed by atoms with Gasteiger partial charge in [-0.25, -0.2) is 4.98 Å². The molecule has 0 unspecified atom stereocenters. The zero-order valence-electron chi connectivity index (χ0n) is 18.6. The Hall–Kier alpha value is -3.22. The molecule has 0 radical (unpaired) electrons. The molecule has 5 nitrogen and oxygen atoms in total. The number of fused-ring (bicyclic) bond motifs is 3. The van der Waals surface area contributed by atoms with Crippen molar-refractivity contribution in [2.24, 2.45) is 10.9 Å². The van der Waals surface area contributed by atoms with Gasteiger partial charge in [-0.15, -0.1) is 0 Å². The summed E-state index contributed by atoms with van der Waals surface area (Å²) in [6.45, 7) is 1.32. The van der Waals surface area contributed by atoms with Crippen molar-refractivity contribution < 1.29 is 5.02 Å². The van der Waals surface area contributed by atoms with E-state index in [1.807, 2.05) is 12.4 Å². The van der Waals surface area contributed by atoms with Gasteiger partial charge in [0.2, 0.25) is 0 Å². The van der Waals surface area contributed by atoms with Gasteiger partial charge in [-0.05, 0) is 35.5 Å². The first kappa shape index (κ1) is 20.4.